The second-order valence-corrected chi connectivity index (χ2v) is 6.23. The quantitative estimate of drug-likeness (QED) is 0.837. The molecule has 102 valence electrons. The predicted molar refractivity (Wildman–Crippen MR) is 72.2 cm³/mol. The highest BCUT2D eigenvalue weighted by Gasteiger charge is 2.25. The zero-order chi connectivity index (χ0) is 13.6. The number of hydrogen-bond donors (Lipinski definition) is 1. The average molecular weight is 292 g/mol. The molecule has 0 aliphatic rings. The molecular formula is C12H18ClNO3S. The van der Waals surface area contributed by atoms with Gasteiger partial charge in [0, 0.05) is 13.1 Å². The molecule has 0 saturated heterocycles. The van der Waals surface area contributed by atoms with E-state index in [1.807, 2.05) is 6.92 Å². The van der Waals surface area contributed by atoms with Crippen molar-refractivity contribution in [1.82, 2.24) is 4.31 Å². The van der Waals surface area contributed by atoms with Crippen molar-refractivity contribution in [1.29, 1.82) is 0 Å². The highest BCUT2D eigenvalue weighted by Crippen LogP contribution is 2.24. The Morgan fingerprint density at radius 1 is 1.28 bits per heavy atom. The smallest absolute Gasteiger partial charge is 0.244 e. The summed E-state index contributed by atoms with van der Waals surface area (Å²) in [7, 11) is -3.62. The SMILES string of the molecule is CCCCN(CCO)S(=O)(=O)c1ccccc1Cl. The Labute approximate surface area is 113 Å². The largest absolute Gasteiger partial charge is 0.395 e. The molecule has 0 spiro atoms. The van der Waals surface area contributed by atoms with Crippen molar-refractivity contribution in [2.75, 3.05) is 19.7 Å². The van der Waals surface area contributed by atoms with Crippen molar-refractivity contribution < 1.29 is 13.5 Å². The molecule has 0 fully saturated rings. The van der Waals surface area contributed by atoms with Crippen LogP contribution in [0.3, 0.4) is 0 Å². The Morgan fingerprint density at radius 2 is 1.94 bits per heavy atom. The minimum absolute atomic E-state index is 0.0908. The zero-order valence-corrected chi connectivity index (χ0v) is 11.9. The fourth-order valence-electron chi connectivity index (χ4n) is 1.59. The molecule has 0 radical (unpaired) electrons. The van der Waals surface area contributed by atoms with Gasteiger partial charge in [-0.25, -0.2) is 8.42 Å². The third-order valence-corrected chi connectivity index (χ3v) is 4.96. The Bertz CT molecular complexity index is 476. The second kappa shape index (κ2) is 7.09. The number of rotatable bonds is 7. The van der Waals surface area contributed by atoms with Gasteiger partial charge in [-0.1, -0.05) is 37.1 Å². The van der Waals surface area contributed by atoms with Gasteiger partial charge in [-0.15, -0.1) is 0 Å². The van der Waals surface area contributed by atoms with E-state index in [1.54, 1.807) is 18.2 Å². The Balaban J connectivity index is 3.05. The number of halogens is 1. The fraction of sp³-hybridized carbons (Fsp3) is 0.500. The molecule has 0 atom stereocenters. The van der Waals surface area contributed by atoms with Crippen LogP contribution >= 0.6 is 11.6 Å². The molecule has 0 unspecified atom stereocenters. The molecule has 4 nitrogen and oxygen atoms in total. The van der Waals surface area contributed by atoms with Crippen LogP contribution < -0.4 is 0 Å². The lowest BCUT2D eigenvalue weighted by atomic mass is 10.3. The number of aliphatic hydroxyl groups excluding tert-OH is 1. The Kier molecular flexibility index (Phi) is 6.08. The average Bonchev–Trinajstić information content (AvgIpc) is 2.34. The second-order valence-electron chi connectivity index (χ2n) is 3.91. The predicted octanol–water partition coefficient (Wildman–Crippen LogP) is 2.12. The summed E-state index contributed by atoms with van der Waals surface area (Å²) in [6.07, 6.45) is 1.64. The summed E-state index contributed by atoms with van der Waals surface area (Å²) in [5.41, 5.74) is 0. The van der Waals surface area contributed by atoms with E-state index in [0.717, 1.165) is 12.8 Å². The first-order valence-corrected chi connectivity index (χ1v) is 7.71. The van der Waals surface area contributed by atoms with Gasteiger partial charge in [0.1, 0.15) is 4.90 Å². The van der Waals surface area contributed by atoms with Crippen LogP contribution in [0, 0.1) is 0 Å². The summed E-state index contributed by atoms with van der Waals surface area (Å²) >= 11 is 5.92. The highest BCUT2D eigenvalue weighted by molar-refractivity contribution is 7.89. The summed E-state index contributed by atoms with van der Waals surface area (Å²) < 4.78 is 26.0. The molecular weight excluding hydrogens is 274 g/mol. The number of nitrogens with zero attached hydrogens (tertiary/aromatic N) is 1. The summed E-state index contributed by atoms with van der Waals surface area (Å²) in [6, 6.07) is 6.35. The summed E-state index contributed by atoms with van der Waals surface area (Å²) in [4.78, 5) is 0.0937. The first kappa shape index (κ1) is 15.4. The van der Waals surface area contributed by atoms with E-state index in [-0.39, 0.29) is 23.1 Å². The van der Waals surface area contributed by atoms with Gasteiger partial charge in [-0.3, -0.25) is 0 Å². The third kappa shape index (κ3) is 3.68. The normalized spacial score (nSPS) is 12.0. The number of sulfonamides is 1. The van der Waals surface area contributed by atoms with Gasteiger partial charge in [0.25, 0.3) is 0 Å². The molecule has 6 heteroatoms. The molecule has 0 saturated carbocycles. The molecule has 1 aromatic rings. The number of hydrogen-bond acceptors (Lipinski definition) is 3. The lowest BCUT2D eigenvalue weighted by Gasteiger charge is -2.21. The van der Waals surface area contributed by atoms with Gasteiger partial charge in [0.05, 0.1) is 11.6 Å². The van der Waals surface area contributed by atoms with Crippen molar-refractivity contribution in [3.8, 4) is 0 Å². The Morgan fingerprint density at radius 3 is 2.50 bits per heavy atom. The van der Waals surface area contributed by atoms with Crippen LogP contribution in [0.1, 0.15) is 19.8 Å². The van der Waals surface area contributed by atoms with Crippen LogP contribution in [0.5, 0.6) is 0 Å². The summed E-state index contributed by atoms with van der Waals surface area (Å²) in [6.45, 7) is 2.27. The van der Waals surface area contributed by atoms with Crippen LogP contribution in [0.4, 0.5) is 0 Å². The van der Waals surface area contributed by atoms with Crippen molar-refractivity contribution in [3.05, 3.63) is 29.3 Å². The molecule has 0 bridgehead atoms. The maximum absolute atomic E-state index is 12.4. The van der Waals surface area contributed by atoms with Gasteiger partial charge in [0.2, 0.25) is 10.0 Å². The topological polar surface area (TPSA) is 57.6 Å². The summed E-state index contributed by atoms with van der Waals surface area (Å²) in [5.74, 6) is 0. The molecule has 0 aliphatic heterocycles. The minimum atomic E-state index is -3.62. The van der Waals surface area contributed by atoms with Crippen LogP contribution in [0.25, 0.3) is 0 Å². The van der Waals surface area contributed by atoms with Crippen LogP contribution in [0.15, 0.2) is 29.2 Å². The van der Waals surface area contributed by atoms with E-state index >= 15 is 0 Å². The number of unbranched alkanes of at least 4 members (excludes halogenated alkanes) is 1. The van der Waals surface area contributed by atoms with Gasteiger partial charge in [0.15, 0.2) is 0 Å². The van der Waals surface area contributed by atoms with Crippen LogP contribution in [-0.2, 0) is 10.0 Å². The van der Waals surface area contributed by atoms with Gasteiger partial charge in [-0.05, 0) is 18.6 Å². The van der Waals surface area contributed by atoms with E-state index in [0.29, 0.717) is 6.54 Å². The van der Waals surface area contributed by atoms with Crippen molar-refractivity contribution in [2.45, 2.75) is 24.7 Å². The lowest BCUT2D eigenvalue weighted by molar-refractivity contribution is 0.252. The van der Waals surface area contributed by atoms with Crippen molar-refractivity contribution in [3.63, 3.8) is 0 Å². The zero-order valence-electron chi connectivity index (χ0n) is 10.3. The monoisotopic (exact) mass is 291 g/mol. The first-order valence-electron chi connectivity index (χ1n) is 5.89. The first-order chi connectivity index (χ1) is 8.54. The van der Waals surface area contributed by atoms with E-state index in [9.17, 15) is 8.42 Å². The summed E-state index contributed by atoms with van der Waals surface area (Å²) in [5, 5.41) is 9.18. The molecule has 0 aliphatic carbocycles. The van der Waals surface area contributed by atoms with E-state index in [1.165, 1.54) is 10.4 Å². The molecule has 18 heavy (non-hydrogen) atoms. The van der Waals surface area contributed by atoms with Crippen LogP contribution in [0.2, 0.25) is 5.02 Å². The number of aliphatic hydroxyl groups is 1. The van der Waals surface area contributed by atoms with Gasteiger partial charge < -0.3 is 5.11 Å². The van der Waals surface area contributed by atoms with Crippen LogP contribution in [-0.4, -0.2) is 37.5 Å². The fourth-order valence-corrected chi connectivity index (χ4v) is 3.55. The van der Waals surface area contributed by atoms with E-state index in [4.69, 9.17) is 16.7 Å². The van der Waals surface area contributed by atoms with E-state index < -0.39 is 10.0 Å². The highest BCUT2D eigenvalue weighted by atomic mass is 35.5. The molecule has 1 N–H and O–H groups in total. The molecule has 0 heterocycles. The lowest BCUT2D eigenvalue weighted by Crippen LogP contribution is -2.34. The van der Waals surface area contributed by atoms with Gasteiger partial charge >= 0.3 is 0 Å². The Hall–Kier alpha value is -0.620. The van der Waals surface area contributed by atoms with Crippen molar-refractivity contribution >= 4 is 21.6 Å². The molecule has 0 aromatic heterocycles. The van der Waals surface area contributed by atoms with E-state index in [2.05, 4.69) is 0 Å². The standard InChI is InChI=1S/C12H18ClNO3S/c1-2-3-8-14(9-10-15)18(16,17)12-7-5-4-6-11(12)13/h4-7,15H,2-3,8-10H2,1H3. The van der Waals surface area contributed by atoms with Crippen molar-refractivity contribution in [2.24, 2.45) is 0 Å². The third-order valence-electron chi connectivity index (χ3n) is 2.56. The number of benzene rings is 1. The molecule has 1 aromatic carbocycles. The molecule has 0 amide bonds. The maximum atomic E-state index is 12.4. The molecule has 1 rings (SSSR count). The maximum Gasteiger partial charge on any atom is 0.244 e. The minimum Gasteiger partial charge on any atom is -0.395 e. The van der Waals surface area contributed by atoms with Gasteiger partial charge in [-0.2, -0.15) is 4.31 Å².